The molecule has 3 saturated heterocycles. The van der Waals surface area contributed by atoms with Crippen molar-refractivity contribution in [2.24, 2.45) is 11.8 Å². The van der Waals surface area contributed by atoms with E-state index in [4.69, 9.17) is 4.74 Å². The van der Waals surface area contributed by atoms with Gasteiger partial charge in [0.2, 0.25) is 5.91 Å². The number of aliphatic carboxylic acids is 1. The summed E-state index contributed by atoms with van der Waals surface area (Å²) in [6.45, 7) is 9.18. The van der Waals surface area contributed by atoms with Gasteiger partial charge in [0.15, 0.2) is 0 Å². The normalized spacial score (nSPS) is 31.5. The molecule has 3 fully saturated rings. The van der Waals surface area contributed by atoms with Crippen LogP contribution in [0.4, 0.5) is 5.69 Å². The molecule has 0 unspecified atom stereocenters. The van der Waals surface area contributed by atoms with Crippen LogP contribution in [-0.2, 0) is 19.1 Å². The number of carboxylic acid groups (broad SMARTS) is 1. The number of amides is 2. The monoisotopic (exact) mass is 442 g/mol. The summed E-state index contributed by atoms with van der Waals surface area (Å²) in [5.41, 5.74) is 1.38. The zero-order valence-electron chi connectivity index (χ0n) is 18.7. The molecule has 4 rings (SSSR count). The number of fused-ring (bicyclic) bond motifs is 1. The molecule has 8 heteroatoms. The molecule has 1 aromatic rings. The highest BCUT2D eigenvalue weighted by Gasteiger charge is 2.75. The maximum atomic E-state index is 14.2. The van der Waals surface area contributed by atoms with Crippen LogP contribution in [0.3, 0.4) is 0 Å². The summed E-state index contributed by atoms with van der Waals surface area (Å²) in [5.74, 6) is -3.79. The van der Waals surface area contributed by atoms with Crippen molar-refractivity contribution in [3.8, 4) is 0 Å². The molecule has 32 heavy (non-hydrogen) atoms. The van der Waals surface area contributed by atoms with Gasteiger partial charge in [-0.1, -0.05) is 18.2 Å². The van der Waals surface area contributed by atoms with Crippen molar-refractivity contribution in [3.05, 3.63) is 42.0 Å². The van der Waals surface area contributed by atoms with Crippen LogP contribution in [0.1, 0.15) is 30.9 Å². The summed E-state index contributed by atoms with van der Waals surface area (Å²) in [6.07, 6.45) is 1.95. The number of ether oxygens (including phenoxy) is 1. The van der Waals surface area contributed by atoms with Gasteiger partial charge in [-0.05, 0) is 50.8 Å². The summed E-state index contributed by atoms with van der Waals surface area (Å²) in [6, 6.07) is 4.13. The molecule has 0 radical (unpaired) electrons. The van der Waals surface area contributed by atoms with E-state index in [1.807, 2.05) is 32.0 Å². The average molecular weight is 443 g/mol. The Kier molecular flexibility index (Phi) is 5.63. The summed E-state index contributed by atoms with van der Waals surface area (Å²) in [7, 11) is 0. The van der Waals surface area contributed by atoms with E-state index < -0.39 is 47.5 Å². The van der Waals surface area contributed by atoms with Crippen LogP contribution in [0.2, 0.25) is 0 Å². The molecular weight excluding hydrogens is 412 g/mol. The Bertz CT molecular complexity index is 977. The van der Waals surface area contributed by atoms with Crippen LogP contribution < -0.4 is 4.90 Å². The number of aryl methyl sites for hydroxylation is 2. The Balaban J connectivity index is 1.84. The summed E-state index contributed by atoms with van der Waals surface area (Å²) in [5, 5.41) is 19.7. The molecule has 0 aliphatic carbocycles. The van der Waals surface area contributed by atoms with Gasteiger partial charge in [-0.3, -0.25) is 14.4 Å². The standard InChI is InChI=1S/C24H30N2O6/c1-5-10-25(16-11-13(2)6-7-14(16)3)22(29)20-24-9-8-17(32-24)18(23(30)31)19(24)21(28)26(20)15(4)12-27/h5-7,11,15,17-20,27H,1,8-10,12H2,2-4H3,(H,30,31)/t15-,17+,18-,19-,20+,24-/m1/s1. The van der Waals surface area contributed by atoms with E-state index in [-0.39, 0.29) is 19.1 Å². The molecule has 2 N–H and O–H groups in total. The quantitative estimate of drug-likeness (QED) is 0.622. The van der Waals surface area contributed by atoms with Gasteiger partial charge in [0.05, 0.1) is 30.6 Å². The van der Waals surface area contributed by atoms with Crippen molar-refractivity contribution < 1.29 is 29.3 Å². The van der Waals surface area contributed by atoms with Crippen molar-refractivity contribution in [1.82, 2.24) is 4.90 Å². The summed E-state index contributed by atoms with van der Waals surface area (Å²) < 4.78 is 6.21. The van der Waals surface area contributed by atoms with Crippen molar-refractivity contribution >= 4 is 23.5 Å². The fraction of sp³-hybridized carbons (Fsp3) is 0.542. The predicted molar refractivity (Wildman–Crippen MR) is 117 cm³/mol. The number of rotatable bonds is 7. The first-order valence-corrected chi connectivity index (χ1v) is 11.0. The van der Waals surface area contributed by atoms with Crippen molar-refractivity contribution in [2.75, 3.05) is 18.1 Å². The lowest BCUT2D eigenvalue weighted by Gasteiger charge is -2.38. The first-order chi connectivity index (χ1) is 15.2. The number of likely N-dealkylation sites (tertiary alicyclic amines) is 1. The number of aliphatic hydroxyl groups excluding tert-OH is 1. The molecule has 0 saturated carbocycles. The molecule has 2 bridgehead atoms. The van der Waals surface area contributed by atoms with Crippen LogP contribution in [0.15, 0.2) is 30.9 Å². The molecule has 8 nitrogen and oxygen atoms in total. The van der Waals surface area contributed by atoms with E-state index in [2.05, 4.69) is 6.58 Å². The van der Waals surface area contributed by atoms with E-state index >= 15 is 0 Å². The topological polar surface area (TPSA) is 107 Å². The van der Waals surface area contributed by atoms with Crippen LogP contribution in [-0.4, -0.2) is 69.8 Å². The molecular formula is C24H30N2O6. The highest BCUT2D eigenvalue weighted by Crippen LogP contribution is 2.59. The number of carboxylic acids is 1. The molecule has 6 atom stereocenters. The third-order valence-electron chi connectivity index (χ3n) is 7.23. The molecule has 3 heterocycles. The van der Waals surface area contributed by atoms with Crippen LogP contribution >= 0.6 is 0 Å². The van der Waals surface area contributed by atoms with Gasteiger partial charge < -0.3 is 24.7 Å². The van der Waals surface area contributed by atoms with Gasteiger partial charge in [-0.15, -0.1) is 6.58 Å². The minimum Gasteiger partial charge on any atom is -0.481 e. The van der Waals surface area contributed by atoms with Gasteiger partial charge >= 0.3 is 5.97 Å². The minimum atomic E-state index is -1.21. The number of hydrogen-bond acceptors (Lipinski definition) is 5. The smallest absolute Gasteiger partial charge is 0.310 e. The van der Waals surface area contributed by atoms with E-state index in [9.17, 15) is 24.6 Å². The average Bonchev–Trinajstić information content (AvgIpc) is 3.40. The number of aliphatic hydroxyl groups is 1. The molecule has 172 valence electrons. The zero-order valence-corrected chi connectivity index (χ0v) is 18.7. The van der Waals surface area contributed by atoms with E-state index in [0.29, 0.717) is 18.5 Å². The number of anilines is 1. The van der Waals surface area contributed by atoms with Crippen molar-refractivity contribution in [2.45, 2.75) is 57.4 Å². The van der Waals surface area contributed by atoms with E-state index in [0.717, 1.165) is 11.1 Å². The lowest BCUT2D eigenvalue weighted by atomic mass is 9.70. The molecule has 2 amide bonds. The van der Waals surface area contributed by atoms with Gasteiger partial charge in [0.25, 0.3) is 5.91 Å². The van der Waals surface area contributed by atoms with E-state index in [1.54, 1.807) is 17.9 Å². The second-order valence-corrected chi connectivity index (χ2v) is 9.20. The Morgan fingerprint density at radius 1 is 1.41 bits per heavy atom. The van der Waals surface area contributed by atoms with Crippen molar-refractivity contribution in [1.29, 1.82) is 0 Å². The molecule has 3 aliphatic rings. The Morgan fingerprint density at radius 3 is 2.75 bits per heavy atom. The van der Waals surface area contributed by atoms with Crippen molar-refractivity contribution in [3.63, 3.8) is 0 Å². The largest absolute Gasteiger partial charge is 0.481 e. The number of nitrogens with zero attached hydrogens (tertiary/aromatic N) is 2. The molecule has 0 aromatic heterocycles. The summed E-state index contributed by atoms with van der Waals surface area (Å²) in [4.78, 5) is 42.7. The zero-order chi connectivity index (χ0) is 23.4. The third kappa shape index (κ3) is 3.08. The molecule has 3 aliphatic heterocycles. The Labute approximate surface area is 187 Å². The first-order valence-electron chi connectivity index (χ1n) is 11.0. The van der Waals surface area contributed by atoms with Gasteiger partial charge in [-0.25, -0.2) is 0 Å². The highest BCUT2D eigenvalue weighted by atomic mass is 16.5. The van der Waals surface area contributed by atoms with Gasteiger partial charge in [-0.2, -0.15) is 0 Å². The number of carbonyl (C=O) groups excluding carboxylic acids is 2. The van der Waals surface area contributed by atoms with Crippen LogP contribution in [0, 0.1) is 25.7 Å². The maximum Gasteiger partial charge on any atom is 0.310 e. The maximum absolute atomic E-state index is 14.2. The third-order valence-corrected chi connectivity index (χ3v) is 7.23. The number of benzene rings is 1. The number of hydrogen-bond donors (Lipinski definition) is 2. The highest BCUT2D eigenvalue weighted by molar-refractivity contribution is 6.05. The van der Waals surface area contributed by atoms with Gasteiger partial charge in [0.1, 0.15) is 11.6 Å². The van der Waals surface area contributed by atoms with Crippen LogP contribution in [0.25, 0.3) is 0 Å². The second-order valence-electron chi connectivity index (χ2n) is 9.20. The first kappa shape index (κ1) is 22.5. The molecule has 1 spiro atoms. The SMILES string of the molecule is C=CCN(C(=O)[C@@H]1N([C@H](C)CO)C(=O)[C@H]2[C@H](C(=O)O)[C@@H]3CC[C@]12O3)c1cc(C)ccc1C. The summed E-state index contributed by atoms with van der Waals surface area (Å²) >= 11 is 0. The van der Waals surface area contributed by atoms with Crippen LogP contribution in [0.5, 0.6) is 0 Å². The lowest BCUT2D eigenvalue weighted by molar-refractivity contribution is -0.150. The number of carbonyl (C=O) groups is 3. The Hall–Kier alpha value is -2.71. The minimum absolute atomic E-state index is 0.224. The molecule has 1 aromatic carbocycles. The second kappa shape index (κ2) is 8.01. The lowest BCUT2D eigenvalue weighted by Crippen LogP contribution is -2.58. The van der Waals surface area contributed by atoms with E-state index in [1.165, 1.54) is 4.90 Å². The fourth-order valence-corrected chi connectivity index (χ4v) is 5.81. The van der Waals surface area contributed by atoms with Gasteiger partial charge in [0, 0.05) is 12.2 Å². The fourth-order valence-electron chi connectivity index (χ4n) is 5.81. The predicted octanol–water partition coefficient (Wildman–Crippen LogP) is 1.66. The Morgan fingerprint density at radius 2 is 2.12 bits per heavy atom.